The maximum Gasteiger partial charge on any atom is 0.326 e. The average Bonchev–Trinajstić information content (AvgIpc) is 2.78. The third-order valence-electron chi connectivity index (χ3n) is 5.37. The molecular formula is C21H37N5O9. The van der Waals surface area contributed by atoms with Crippen LogP contribution in [0.1, 0.15) is 58.8 Å². The Kier molecular flexibility index (Phi) is 14.9. The molecule has 3 amide bonds. The Hall–Kier alpha value is -3.26. The van der Waals surface area contributed by atoms with E-state index in [0.717, 1.165) is 0 Å². The second kappa shape index (κ2) is 16.4. The highest BCUT2D eigenvalue weighted by molar-refractivity contribution is 5.95. The van der Waals surface area contributed by atoms with Crippen molar-refractivity contribution < 1.29 is 44.1 Å². The first-order valence-electron chi connectivity index (χ1n) is 11.4. The summed E-state index contributed by atoms with van der Waals surface area (Å²) in [5.74, 6) is -7.30. The van der Waals surface area contributed by atoms with Crippen LogP contribution in [0.2, 0.25) is 0 Å². The highest BCUT2D eigenvalue weighted by atomic mass is 16.4. The molecule has 200 valence electrons. The van der Waals surface area contributed by atoms with Gasteiger partial charge in [0.05, 0.1) is 12.5 Å². The topological polar surface area (TPSA) is 251 Å². The number of amides is 3. The molecule has 0 fully saturated rings. The quantitative estimate of drug-likeness (QED) is 0.0985. The van der Waals surface area contributed by atoms with E-state index in [-0.39, 0.29) is 12.8 Å². The summed E-state index contributed by atoms with van der Waals surface area (Å²) < 4.78 is 0. The molecule has 0 aromatic carbocycles. The van der Waals surface area contributed by atoms with E-state index in [1.54, 1.807) is 13.8 Å². The van der Waals surface area contributed by atoms with E-state index in [2.05, 4.69) is 16.0 Å². The lowest BCUT2D eigenvalue weighted by molar-refractivity contribution is -0.144. The molecule has 0 aromatic heterocycles. The number of unbranched alkanes of at least 4 members (excludes halogenated alkanes) is 1. The van der Waals surface area contributed by atoms with Crippen LogP contribution in [0.3, 0.4) is 0 Å². The molecule has 0 aliphatic heterocycles. The van der Waals surface area contributed by atoms with Gasteiger partial charge in [0, 0.05) is 6.42 Å². The van der Waals surface area contributed by atoms with Gasteiger partial charge in [-0.05, 0) is 31.7 Å². The van der Waals surface area contributed by atoms with Crippen LogP contribution in [-0.2, 0) is 28.8 Å². The van der Waals surface area contributed by atoms with E-state index in [1.165, 1.54) is 0 Å². The van der Waals surface area contributed by atoms with Gasteiger partial charge in [0.15, 0.2) is 0 Å². The largest absolute Gasteiger partial charge is 0.481 e. The summed E-state index contributed by atoms with van der Waals surface area (Å²) >= 11 is 0. The zero-order valence-corrected chi connectivity index (χ0v) is 20.0. The zero-order chi connectivity index (χ0) is 27.1. The van der Waals surface area contributed by atoms with Crippen LogP contribution in [0.4, 0.5) is 0 Å². The highest BCUT2D eigenvalue weighted by Gasteiger charge is 2.33. The summed E-state index contributed by atoms with van der Waals surface area (Å²) in [5.41, 5.74) is 11.2. The summed E-state index contributed by atoms with van der Waals surface area (Å²) in [4.78, 5) is 71.6. The van der Waals surface area contributed by atoms with Gasteiger partial charge in [0.2, 0.25) is 17.7 Å². The maximum atomic E-state index is 12.8. The fourth-order valence-corrected chi connectivity index (χ4v) is 3.05. The molecule has 0 aliphatic carbocycles. The number of hydrogen-bond donors (Lipinski definition) is 8. The van der Waals surface area contributed by atoms with Crippen molar-refractivity contribution in [1.29, 1.82) is 0 Å². The fraction of sp³-hybridized carbons (Fsp3) is 0.714. The van der Waals surface area contributed by atoms with E-state index >= 15 is 0 Å². The molecule has 10 N–H and O–H groups in total. The van der Waals surface area contributed by atoms with Gasteiger partial charge in [0.1, 0.15) is 18.1 Å². The van der Waals surface area contributed by atoms with Crippen LogP contribution in [0, 0.1) is 5.92 Å². The standard InChI is InChI=1S/C21H37N5O9/c1-3-11(2)17(21(34)35)26-20(33)14(10-16(29)30)25-19(32)13(7-8-15(27)28)24-18(31)12(23)6-4-5-9-22/h11-14,17H,3-10,22-23H2,1-2H3,(H,24,31)(H,25,32)(H,26,33)(H,27,28)(H,29,30)(H,34,35). The Balaban J connectivity index is 5.56. The first-order valence-corrected chi connectivity index (χ1v) is 11.4. The van der Waals surface area contributed by atoms with Crippen LogP contribution >= 0.6 is 0 Å². The normalized spacial score (nSPS) is 15.1. The molecule has 0 spiro atoms. The molecule has 0 saturated heterocycles. The van der Waals surface area contributed by atoms with Crippen molar-refractivity contribution in [3.05, 3.63) is 0 Å². The molecule has 0 radical (unpaired) electrons. The van der Waals surface area contributed by atoms with E-state index in [9.17, 15) is 33.9 Å². The van der Waals surface area contributed by atoms with Crippen LogP contribution in [0.5, 0.6) is 0 Å². The molecule has 0 aromatic rings. The monoisotopic (exact) mass is 503 g/mol. The Bertz CT molecular complexity index is 761. The Morgan fingerprint density at radius 3 is 1.86 bits per heavy atom. The van der Waals surface area contributed by atoms with Crippen molar-refractivity contribution in [2.24, 2.45) is 17.4 Å². The van der Waals surface area contributed by atoms with Crippen molar-refractivity contribution in [3.8, 4) is 0 Å². The van der Waals surface area contributed by atoms with Crippen LogP contribution in [-0.4, -0.2) is 81.7 Å². The second-order valence-corrected chi connectivity index (χ2v) is 8.25. The number of nitrogens with two attached hydrogens (primary N) is 2. The molecule has 0 rings (SSSR count). The van der Waals surface area contributed by atoms with Crippen molar-refractivity contribution in [1.82, 2.24) is 16.0 Å². The minimum Gasteiger partial charge on any atom is -0.481 e. The summed E-state index contributed by atoms with van der Waals surface area (Å²) in [6.07, 6.45) is 0.125. The second-order valence-electron chi connectivity index (χ2n) is 8.25. The van der Waals surface area contributed by atoms with Crippen molar-refractivity contribution in [2.45, 2.75) is 83.0 Å². The third kappa shape index (κ3) is 12.7. The smallest absolute Gasteiger partial charge is 0.326 e. The third-order valence-corrected chi connectivity index (χ3v) is 5.37. The Morgan fingerprint density at radius 1 is 0.800 bits per heavy atom. The van der Waals surface area contributed by atoms with Crippen LogP contribution in [0.25, 0.3) is 0 Å². The van der Waals surface area contributed by atoms with Crippen molar-refractivity contribution >= 4 is 35.6 Å². The van der Waals surface area contributed by atoms with Gasteiger partial charge >= 0.3 is 17.9 Å². The lowest BCUT2D eigenvalue weighted by Gasteiger charge is -2.26. The molecule has 14 nitrogen and oxygen atoms in total. The minimum absolute atomic E-state index is 0.270. The molecule has 0 bridgehead atoms. The van der Waals surface area contributed by atoms with Crippen molar-refractivity contribution in [3.63, 3.8) is 0 Å². The van der Waals surface area contributed by atoms with E-state index in [0.29, 0.717) is 25.8 Å². The highest BCUT2D eigenvalue weighted by Crippen LogP contribution is 2.09. The van der Waals surface area contributed by atoms with Crippen LogP contribution in [0.15, 0.2) is 0 Å². The molecule has 0 aliphatic rings. The van der Waals surface area contributed by atoms with E-state index in [4.69, 9.17) is 21.7 Å². The maximum absolute atomic E-state index is 12.8. The molecule has 5 unspecified atom stereocenters. The zero-order valence-electron chi connectivity index (χ0n) is 20.0. The number of rotatable bonds is 18. The van der Waals surface area contributed by atoms with Gasteiger partial charge in [0.25, 0.3) is 0 Å². The summed E-state index contributed by atoms with van der Waals surface area (Å²) in [6, 6.07) is -5.41. The number of carboxylic acid groups (broad SMARTS) is 3. The van der Waals surface area contributed by atoms with E-state index < -0.39 is 78.6 Å². The van der Waals surface area contributed by atoms with Gasteiger partial charge in [-0.1, -0.05) is 26.7 Å². The molecule has 0 heterocycles. The van der Waals surface area contributed by atoms with Gasteiger partial charge in [-0.25, -0.2) is 4.79 Å². The first-order chi connectivity index (χ1) is 16.3. The number of hydrogen-bond acceptors (Lipinski definition) is 8. The van der Waals surface area contributed by atoms with Crippen molar-refractivity contribution in [2.75, 3.05) is 6.54 Å². The summed E-state index contributed by atoms with van der Waals surface area (Å²) in [7, 11) is 0. The van der Waals surface area contributed by atoms with Gasteiger partial charge in [-0.3, -0.25) is 24.0 Å². The lowest BCUT2D eigenvalue weighted by Crippen LogP contribution is -2.58. The first kappa shape index (κ1) is 31.7. The number of carbonyl (C=O) groups is 6. The minimum atomic E-state index is -1.67. The predicted molar refractivity (Wildman–Crippen MR) is 123 cm³/mol. The van der Waals surface area contributed by atoms with Gasteiger partial charge in [-0.2, -0.15) is 0 Å². The lowest BCUT2D eigenvalue weighted by atomic mass is 9.98. The fourth-order valence-electron chi connectivity index (χ4n) is 3.05. The van der Waals surface area contributed by atoms with E-state index in [1.807, 2.05) is 0 Å². The molecule has 5 atom stereocenters. The number of carboxylic acids is 3. The molecule has 14 heteroatoms. The molecular weight excluding hydrogens is 466 g/mol. The molecule has 0 saturated carbocycles. The Labute approximate surface area is 203 Å². The average molecular weight is 504 g/mol. The predicted octanol–water partition coefficient (Wildman–Crippen LogP) is -1.63. The molecule has 35 heavy (non-hydrogen) atoms. The SMILES string of the molecule is CCC(C)C(NC(=O)C(CC(=O)O)NC(=O)C(CCC(=O)O)NC(=O)C(N)CCCCN)C(=O)O. The summed E-state index contributed by atoms with van der Waals surface area (Å²) in [5, 5.41) is 34.2. The number of aliphatic carboxylic acids is 3. The Morgan fingerprint density at radius 2 is 1.37 bits per heavy atom. The summed E-state index contributed by atoms with van der Waals surface area (Å²) in [6.45, 7) is 3.70. The number of nitrogens with one attached hydrogen (secondary N) is 3. The number of carbonyl (C=O) groups excluding carboxylic acids is 3. The van der Waals surface area contributed by atoms with Gasteiger partial charge < -0.3 is 42.7 Å². The van der Waals surface area contributed by atoms with Gasteiger partial charge in [-0.15, -0.1) is 0 Å². The van der Waals surface area contributed by atoms with Crippen LogP contribution < -0.4 is 27.4 Å².